The van der Waals surface area contributed by atoms with Gasteiger partial charge in [0.1, 0.15) is 0 Å². The van der Waals surface area contributed by atoms with E-state index in [1.807, 2.05) is 6.07 Å². The first kappa shape index (κ1) is 15.8. The fraction of sp³-hybridized carbons (Fsp3) is 0.0769. The van der Waals surface area contributed by atoms with E-state index in [-0.39, 0.29) is 16.6 Å². The topological polar surface area (TPSA) is 82.8 Å². The van der Waals surface area contributed by atoms with Crippen molar-refractivity contribution < 1.29 is 8.42 Å². The Balaban J connectivity index is 2.27. The molecule has 0 saturated carbocycles. The van der Waals surface area contributed by atoms with Gasteiger partial charge in [0.05, 0.1) is 23.1 Å². The van der Waals surface area contributed by atoms with Crippen LogP contribution in [-0.4, -0.2) is 13.4 Å². The predicted octanol–water partition coefficient (Wildman–Crippen LogP) is 3.31. The molecule has 0 unspecified atom stereocenters. The van der Waals surface area contributed by atoms with Crippen molar-refractivity contribution in [3.05, 3.63) is 57.3 Å². The van der Waals surface area contributed by atoms with Gasteiger partial charge in [-0.05, 0) is 33.6 Å². The average Bonchev–Trinajstić information content (AvgIpc) is 2.43. The van der Waals surface area contributed by atoms with E-state index < -0.39 is 10.0 Å². The molecule has 0 saturated heterocycles. The van der Waals surface area contributed by atoms with E-state index in [0.29, 0.717) is 15.6 Å². The summed E-state index contributed by atoms with van der Waals surface area (Å²) in [6, 6.07) is 10.0. The van der Waals surface area contributed by atoms with Crippen LogP contribution in [0.3, 0.4) is 0 Å². The summed E-state index contributed by atoms with van der Waals surface area (Å²) in [5.74, 6) is -0.320. The Kier molecular flexibility index (Phi) is 4.83. The maximum Gasteiger partial charge on any atom is 0.237 e. The molecule has 2 rings (SSSR count). The molecular weight excluding hydrogens is 378 g/mol. The van der Waals surface area contributed by atoms with E-state index in [0.717, 1.165) is 0 Å². The van der Waals surface area contributed by atoms with Crippen molar-refractivity contribution in [2.24, 2.45) is 0 Å². The highest BCUT2D eigenvalue weighted by molar-refractivity contribution is 9.10. The van der Waals surface area contributed by atoms with Gasteiger partial charge in [0.2, 0.25) is 10.0 Å². The summed E-state index contributed by atoms with van der Waals surface area (Å²) in [4.78, 5) is 3.84. The van der Waals surface area contributed by atoms with Gasteiger partial charge in [-0.1, -0.05) is 29.8 Å². The summed E-state index contributed by atoms with van der Waals surface area (Å²) in [5.41, 5.74) is 0.924. The number of benzene rings is 1. The lowest BCUT2D eigenvalue weighted by Gasteiger charge is -2.10. The van der Waals surface area contributed by atoms with Crippen molar-refractivity contribution in [2.75, 3.05) is 4.72 Å². The first-order valence-corrected chi connectivity index (χ1v) is 8.53. The number of nitrogens with one attached hydrogen (secondary N) is 1. The molecule has 8 heteroatoms. The zero-order valence-electron chi connectivity index (χ0n) is 10.5. The number of pyridine rings is 1. The number of hydrogen-bond acceptors (Lipinski definition) is 4. The zero-order chi connectivity index (χ0) is 15.5. The molecule has 0 bridgehead atoms. The van der Waals surface area contributed by atoms with Crippen LogP contribution >= 0.6 is 27.5 Å². The highest BCUT2D eigenvalue weighted by Gasteiger charge is 2.16. The number of anilines is 1. The summed E-state index contributed by atoms with van der Waals surface area (Å²) >= 11 is 9.05. The fourth-order valence-electron chi connectivity index (χ4n) is 1.66. The molecular formula is C13H9BrClN3O2S. The maximum absolute atomic E-state index is 12.2. The number of halogens is 2. The molecule has 5 nitrogen and oxygen atoms in total. The van der Waals surface area contributed by atoms with Crippen LogP contribution in [0.25, 0.3) is 0 Å². The lowest BCUT2D eigenvalue weighted by Crippen LogP contribution is -2.16. The minimum absolute atomic E-state index is 0.0512. The average molecular weight is 387 g/mol. The third-order valence-electron chi connectivity index (χ3n) is 2.55. The van der Waals surface area contributed by atoms with Crippen LogP contribution < -0.4 is 4.72 Å². The molecule has 0 fully saturated rings. The Morgan fingerprint density at radius 2 is 2.10 bits per heavy atom. The summed E-state index contributed by atoms with van der Waals surface area (Å²) in [5, 5.41) is 9.03. The summed E-state index contributed by atoms with van der Waals surface area (Å²) in [6.07, 6.45) is 1.46. The molecule has 1 heterocycles. The van der Waals surface area contributed by atoms with Crippen molar-refractivity contribution in [2.45, 2.75) is 5.75 Å². The molecule has 21 heavy (non-hydrogen) atoms. The largest absolute Gasteiger partial charge is 0.280 e. The Morgan fingerprint density at radius 1 is 1.38 bits per heavy atom. The van der Waals surface area contributed by atoms with Gasteiger partial charge < -0.3 is 0 Å². The molecule has 1 N–H and O–H groups in total. The number of aromatic nitrogens is 1. The van der Waals surface area contributed by atoms with E-state index in [9.17, 15) is 8.42 Å². The third kappa shape index (κ3) is 4.17. The van der Waals surface area contributed by atoms with Gasteiger partial charge in [0, 0.05) is 10.7 Å². The van der Waals surface area contributed by atoms with E-state index in [1.165, 1.54) is 12.3 Å². The van der Waals surface area contributed by atoms with Crippen molar-refractivity contribution in [1.82, 2.24) is 4.98 Å². The molecule has 0 aliphatic rings. The predicted molar refractivity (Wildman–Crippen MR) is 84.4 cm³/mol. The number of hydrogen-bond donors (Lipinski definition) is 1. The van der Waals surface area contributed by atoms with Gasteiger partial charge in [-0.25, -0.2) is 13.4 Å². The Bertz CT molecular complexity index is 818. The SMILES string of the molecule is N#Cc1ccccc1CS(=O)(=O)Nc1cc(Br)cnc1Cl. The molecule has 0 aliphatic heterocycles. The second kappa shape index (κ2) is 6.43. The molecule has 0 radical (unpaired) electrons. The quantitative estimate of drug-likeness (QED) is 0.817. The van der Waals surface area contributed by atoms with Gasteiger partial charge in [-0.2, -0.15) is 5.26 Å². The minimum atomic E-state index is -3.71. The molecule has 1 aromatic heterocycles. The Morgan fingerprint density at radius 3 is 2.81 bits per heavy atom. The minimum Gasteiger partial charge on any atom is -0.280 e. The highest BCUT2D eigenvalue weighted by atomic mass is 79.9. The van der Waals surface area contributed by atoms with Crippen LogP contribution in [0.5, 0.6) is 0 Å². The van der Waals surface area contributed by atoms with Gasteiger partial charge in [-0.3, -0.25) is 4.72 Å². The third-order valence-corrected chi connectivity index (χ3v) is 4.51. The second-order valence-corrected chi connectivity index (χ2v) is 7.12. The lowest BCUT2D eigenvalue weighted by molar-refractivity contribution is 0.600. The smallest absolute Gasteiger partial charge is 0.237 e. The molecule has 0 spiro atoms. The van der Waals surface area contributed by atoms with Crippen LogP contribution in [0.15, 0.2) is 41.0 Å². The maximum atomic E-state index is 12.2. The summed E-state index contributed by atoms with van der Waals surface area (Å²) < 4.78 is 27.3. The van der Waals surface area contributed by atoms with Crippen molar-refractivity contribution in [1.29, 1.82) is 5.26 Å². The highest BCUT2D eigenvalue weighted by Crippen LogP contribution is 2.25. The van der Waals surface area contributed by atoms with Crippen LogP contribution in [0, 0.1) is 11.3 Å². The van der Waals surface area contributed by atoms with Crippen LogP contribution in [0.2, 0.25) is 5.15 Å². The normalized spacial score (nSPS) is 10.9. The molecule has 1 aromatic carbocycles. The number of sulfonamides is 1. The lowest BCUT2D eigenvalue weighted by atomic mass is 10.1. The monoisotopic (exact) mass is 385 g/mol. The first-order valence-electron chi connectivity index (χ1n) is 5.71. The standard InChI is InChI=1S/C13H9BrClN3O2S/c14-11-5-12(13(15)17-7-11)18-21(19,20)8-10-4-2-1-3-9(10)6-16/h1-5,7,18H,8H2. The Hall–Kier alpha value is -1.62. The van der Waals surface area contributed by atoms with Crippen molar-refractivity contribution in [3.8, 4) is 6.07 Å². The number of nitrogens with zero attached hydrogens (tertiary/aromatic N) is 2. The molecule has 2 aromatic rings. The molecule has 0 atom stereocenters. The van der Waals surface area contributed by atoms with Crippen LogP contribution in [0.1, 0.15) is 11.1 Å². The van der Waals surface area contributed by atoms with Gasteiger partial charge >= 0.3 is 0 Å². The van der Waals surface area contributed by atoms with E-state index >= 15 is 0 Å². The molecule has 0 aliphatic carbocycles. The van der Waals surface area contributed by atoms with Gasteiger partial charge in [0.15, 0.2) is 5.15 Å². The van der Waals surface area contributed by atoms with Crippen molar-refractivity contribution >= 4 is 43.2 Å². The van der Waals surface area contributed by atoms with E-state index in [1.54, 1.807) is 24.3 Å². The molecule has 108 valence electrons. The van der Waals surface area contributed by atoms with E-state index in [4.69, 9.17) is 16.9 Å². The zero-order valence-corrected chi connectivity index (χ0v) is 13.7. The first-order chi connectivity index (χ1) is 9.91. The van der Waals surface area contributed by atoms with Crippen LogP contribution in [0.4, 0.5) is 5.69 Å². The fourth-order valence-corrected chi connectivity index (χ4v) is 3.42. The summed E-state index contributed by atoms with van der Waals surface area (Å²) in [7, 11) is -3.71. The second-order valence-electron chi connectivity index (χ2n) is 4.12. The van der Waals surface area contributed by atoms with Crippen molar-refractivity contribution in [3.63, 3.8) is 0 Å². The van der Waals surface area contributed by atoms with E-state index in [2.05, 4.69) is 25.6 Å². The van der Waals surface area contributed by atoms with Gasteiger partial charge in [-0.15, -0.1) is 0 Å². The van der Waals surface area contributed by atoms with Crippen LogP contribution in [-0.2, 0) is 15.8 Å². The van der Waals surface area contributed by atoms with Gasteiger partial charge in [0.25, 0.3) is 0 Å². The number of rotatable bonds is 4. The molecule has 0 amide bonds. The number of nitriles is 1. The Labute approximate surface area is 135 Å². The summed E-state index contributed by atoms with van der Waals surface area (Å²) in [6.45, 7) is 0.